The number of carbonyl (C=O) groups is 1. The van der Waals surface area contributed by atoms with Gasteiger partial charge in [-0.1, -0.05) is 17.2 Å². The fourth-order valence-corrected chi connectivity index (χ4v) is 2.13. The number of aromatic carboxylic acids is 1. The molecule has 0 aliphatic carbocycles. The van der Waals surface area contributed by atoms with E-state index < -0.39 is 5.97 Å². The molecule has 0 bridgehead atoms. The molecule has 2 aromatic rings. The molecule has 7 heteroatoms. The Morgan fingerprint density at radius 1 is 1.36 bits per heavy atom. The van der Waals surface area contributed by atoms with Crippen molar-refractivity contribution in [3.05, 3.63) is 52.4 Å². The molecular formula is C15H14N4O3. The van der Waals surface area contributed by atoms with Crippen LogP contribution in [0, 0.1) is 0 Å². The van der Waals surface area contributed by atoms with Gasteiger partial charge in [0.2, 0.25) is 0 Å². The van der Waals surface area contributed by atoms with Crippen LogP contribution in [0.15, 0.2) is 41.5 Å². The zero-order valence-corrected chi connectivity index (χ0v) is 11.9. The first kappa shape index (κ1) is 15.2. The number of benzene rings is 2. The number of rotatable bonds is 5. The van der Waals surface area contributed by atoms with Crippen LogP contribution in [-0.2, 0) is 0 Å². The van der Waals surface area contributed by atoms with E-state index in [1.54, 1.807) is 24.3 Å². The predicted molar refractivity (Wildman–Crippen MR) is 83.2 cm³/mol. The van der Waals surface area contributed by atoms with Crippen LogP contribution >= 0.6 is 0 Å². The van der Waals surface area contributed by atoms with Gasteiger partial charge in [-0.3, -0.25) is 0 Å². The lowest BCUT2D eigenvalue weighted by Gasteiger charge is -2.12. The summed E-state index contributed by atoms with van der Waals surface area (Å²) in [6.07, 6.45) is 0. The van der Waals surface area contributed by atoms with Crippen LogP contribution < -0.4 is 10.5 Å². The summed E-state index contributed by atoms with van der Waals surface area (Å²) in [5.74, 6) is -0.460. The van der Waals surface area contributed by atoms with E-state index in [0.29, 0.717) is 23.5 Å². The van der Waals surface area contributed by atoms with E-state index in [1.807, 2.05) is 6.92 Å². The number of nitrogens with two attached hydrogens (primary N) is 1. The van der Waals surface area contributed by atoms with Crippen LogP contribution in [0.2, 0.25) is 0 Å². The Kier molecular flexibility index (Phi) is 4.50. The molecule has 0 aliphatic heterocycles. The highest BCUT2D eigenvalue weighted by Crippen LogP contribution is 2.34. The van der Waals surface area contributed by atoms with Crippen LogP contribution in [0.3, 0.4) is 0 Å². The Morgan fingerprint density at radius 3 is 2.59 bits per heavy atom. The molecule has 3 N–H and O–H groups in total. The average molecular weight is 298 g/mol. The van der Waals surface area contributed by atoms with Gasteiger partial charge < -0.3 is 15.6 Å². The van der Waals surface area contributed by atoms with Crippen LogP contribution in [0.1, 0.15) is 17.3 Å². The lowest BCUT2D eigenvalue weighted by Crippen LogP contribution is -2.03. The Morgan fingerprint density at radius 2 is 2.05 bits per heavy atom. The van der Waals surface area contributed by atoms with E-state index in [1.165, 1.54) is 12.1 Å². The van der Waals surface area contributed by atoms with Crippen LogP contribution in [0.4, 0.5) is 11.4 Å². The highest BCUT2D eigenvalue weighted by molar-refractivity contribution is 6.01. The van der Waals surface area contributed by atoms with Gasteiger partial charge in [0, 0.05) is 21.8 Å². The van der Waals surface area contributed by atoms with Gasteiger partial charge in [-0.25, -0.2) is 4.79 Å². The third kappa shape index (κ3) is 3.11. The zero-order chi connectivity index (χ0) is 16.1. The van der Waals surface area contributed by atoms with Gasteiger partial charge in [0.1, 0.15) is 5.75 Å². The number of hydrogen-bond acceptors (Lipinski definition) is 4. The molecule has 0 saturated heterocycles. The largest absolute Gasteiger partial charge is 0.494 e. The maximum absolute atomic E-state index is 11.5. The molecule has 0 amide bonds. The topological polar surface area (TPSA) is 121 Å². The average Bonchev–Trinajstić information content (AvgIpc) is 2.48. The molecule has 7 nitrogen and oxygen atoms in total. The summed E-state index contributed by atoms with van der Waals surface area (Å²) >= 11 is 0. The molecular weight excluding hydrogens is 284 g/mol. The van der Waals surface area contributed by atoms with Crippen LogP contribution in [-0.4, -0.2) is 17.7 Å². The third-order valence-corrected chi connectivity index (χ3v) is 3.00. The second-order valence-electron chi connectivity index (χ2n) is 4.41. The SMILES string of the molecule is CCOc1ccc(-c2c(N)cc(N=[N+]=[N-])cc2C(=O)O)cc1. The van der Waals surface area contributed by atoms with Gasteiger partial charge in [-0.15, -0.1) is 0 Å². The normalized spacial score (nSPS) is 9.86. The molecule has 2 aromatic carbocycles. The second-order valence-corrected chi connectivity index (χ2v) is 4.41. The number of anilines is 1. The minimum absolute atomic E-state index is 0.0217. The number of nitrogen functional groups attached to an aromatic ring is 1. The Balaban J connectivity index is 2.58. The molecule has 0 saturated carbocycles. The number of azide groups is 1. The second kappa shape index (κ2) is 6.51. The van der Waals surface area contributed by atoms with Gasteiger partial charge in [-0.05, 0) is 42.3 Å². The first-order valence-electron chi connectivity index (χ1n) is 6.52. The molecule has 0 radical (unpaired) electrons. The van der Waals surface area contributed by atoms with Gasteiger partial charge in [0.05, 0.1) is 12.2 Å². The first-order valence-corrected chi connectivity index (χ1v) is 6.52. The summed E-state index contributed by atoms with van der Waals surface area (Å²) in [4.78, 5) is 14.1. The van der Waals surface area contributed by atoms with Crippen molar-refractivity contribution in [3.8, 4) is 16.9 Å². The number of ether oxygens (including phenoxy) is 1. The Labute approximate surface area is 126 Å². The predicted octanol–water partition coefficient (Wildman–Crippen LogP) is 3.97. The molecule has 0 atom stereocenters. The third-order valence-electron chi connectivity index (χ3n) is 3.00. The first-order chi connectivity index (χ1) is 10.6. The summed E-state index contributed by atoms with van der Waals surface area (Å²) in [6.45, 7) is 2.42. The summed E-state index contributed by atoms with van der Waals surface area (Å²) < 4.78 is 5.35. The standard InChI is InChI=1S/C15H14N4O3/c1-2-22-11-5-3-9(4-6-11)14-12(15(20)21)7-10(18-19-17)8-13(14)16/h3-8H,2,16H2,1H3,(H,20,21). The van der Waals surface area contributed by atoms with Gasteiger partial charge in [0.25, 0.3) is 0 Å². The van der Waals surface area contributed by atoms with Crippen molar-refractivity contribution < 1.29 is 14.6 Å². The minimum atomic E-state index is -1.15. The quantitative estimate of drug-likeness (QED) is 0.375. The lowest BCUT2D eigenvalue weighted by atomic mass is 9.97. The minimum Gasteiger partial charge on any atom is -0.494 e. The van der Waals surface area contributed by atoms with E-state index in [9.17, 15) is 9.90 Å². The fourth-order valence-electron chi connectivity index (χ4n) is 2.13. The Hall–Kier alpha value is -3.18. The summed E-state index contributed by atoms with van der Waals surface area (Å²) in [5.41, 5.74) is 15.8. The van der Waals surface area contributed by atoms with Crippen LogP contribution in [0.25, 0.3) is 21.6 Å². The lowest BCUT2D eigenvalue weighted by molar-refractivity contribution is 0.0698. The smallest absolute Gasteiger partial charge is 0.336 e. The molecule has 0 heterocycles. The molecule has 0 unspecified atom stereocenters. The van der Waals surface area contributed by atoms with Crippen molar-refractivity contribution in [2.24, 2.45) is 5.11 Å². The van der Waals surface area contributed by atoms with E-state index in [0.717, 1.165) is 0 Å². The number of carboxylic acid groups (broad SMARTS) is 1. The Bertz CT molecular complexity index is 750. The maximum Gasteiger partial charge on any atom is 0.336 e. The highest BCUT2D eigenvalue weighted by Gasteiger charge is 2.16. The van der Waals surface area contributed by atoms with Crippen LogP contribution in [0.5, 0.6) is 5.75 Å². The molecule has 0 fully saturated rings. The molecule has 0 aromatic heterocycles. The molecule has 2 rings (SSSR count). The van der Waals surface area contributed by atoms with E-state index in [4.69, 9.17) is 16.0 Å². The fraction of sp³-hybridized carbons (Fsp3) is 0.133. The van der Waals surface area contributed by atoms with Gasteiger partial charge in [0.15, 0.2) is 0 Å². The van der Waals surface area contributed by atoms with E-state index in [-0.39, 0.29) is 16.9 Å². The van der Waals surface area contributed by atoms with Crippen molar-refractivity contribution in [1.82, 2.24) is 0 Å². The number of hydrogen-bond donors (Lipinski definition) is 2. The molecule has 22 heavy (non-hydrogen) atoms. The summed E-state index contributed by atoms with van der Waals surface area (Å²) in [6, 6.07) is 9.69. The van der Waals surface area contributed by atoms with Crippen molar-refractivity contribution in [1.29, 1.82) is 0 Å². The van der Waals surface area contributed by atoms with Crippen molar-refractivity contribution in [2.75, 3.05) is 12.3 Å². The van der Waals surface area contributed by atoms with Crippen molar-refractivity contribution in [2.45, 2.75) is 6.92 Å². The molecule has 112 valence electrons. The molecule has 0 spiro atoms. The van der Waals surface area contributed by atoms with Crippen molar-refractivity contribution >= 4 is 17.3 Å². The maximum atomic E-state index is 11.5. The van der Waals surface area contributed by atoms with Gasteiger partial charge >= 0.3 is 5.97 Å². The van der Waals surface area contributed by atoms with Gasteiger partial charge in [-0.2, -0.15) is 0 Å². The van der Waals surface area contributed by atoms with Crippen molar-refractivity contribution in [3.63, 3.8) is 0 Å². The summed E-state index contributed by atoms with van der Waals surface area (Å²) in [5, 5.41) is 12.8. The number of carboxylic acids is 1. The highest BCUT2D eigenvalue weighted by atomic mass is 16.5. The number of nitrogens with zero attached hydrogens (tertiary/aromatic N) is 3. The molecule has 0 aliphatic rings. The van der Waals surface area contributed by atoms with E-state index in [2.05, 4.69) is 10.0 Å². The zero-order valence-electron chi connectivity index (χ0n) is 11.9. The van der Waals surface area contributed by atoms with E-state index >= 15 is 0 Å². The monoisotopic (exact) mass is 298 g/mol. The summed E-state index contributed by atoms with van der Waals surface area (Å²) in [7, 11) is 0.